The average molecular weight is 480 g/mol. The van der Waals surface area contributed by atoms with Crippen LogP contribution in [-0.2, 0) is 20.4 Å². The SMILES string of the molecule is O=C(NC1CCCC1)c1ccc2c(c1)NC(=O)[C@@H](CS(=O)(=O)Cc1ccc(F)cc1Cl)N2. The van der Waals surface area contributed by atoms with E-state index in [2.05, 4.69) is 16.0 Å². The Morgan fingerprint density at radius 2 is 1.88 bits per heavy atom. The van der Waals surface area contributed by atoms with Crippen LogP contribution in [0, 0.1) is 5.82 Å². The van der Waals surface area contributed by atoms with E-state index >= 15 is 0 Å². The molecule has 1 aliphatic heterocycles. The first-order valence-corrected chi connectivity index (χ1v) is 12.6. The molecular weight excluding hydrogens is 457 g/mol. The van der Waals surface area contributed by atoms with Crippen molar-refractivity contribution in [1.29, 1.82) is 0 Å². The summed E-state index contributed by atoms with van der Waals surface area (Å²) in [6.45, 7) is 0. The maximum absolute atomic E-state index is 13.2. The Morgan fingerprint density at radius 3 is 2.59 bits per heavy atom. The molecule has 10 heteroatoms. The third-order valence-electron chi connectivity index (χ3n) is 5.69. The van der Waals surface area contributed by atoms with Gasteiger partial charge < -0.3 is 16.0 Å². The van der Waals surface area contributed by atoms with Gasteiger partial charge in [-0.3, -0.25) is 9.59 Å². The smallest absolute Gasteiger partial charge is 0.251 e. The molecule has 32 heavy (non-hydrogen) atoms. The molecule has 3 N–H and O–H groups in total. The van der Waals surface area contributed by atoms with Crippen molar-refractivity contribution in [3.05, 3.63) is 58.4 Å². The molecule has 0 unspecified atom stereocenters. The van der Waals surface area contributed by atoms with Crippen LogP contribution < -0.4 is 16.0 Å². The number of sulfone groups is 1. The van der Waals surface area contributed by atoms with Crippen LogP contribution in [0.25, 0.3) is 0 Å². The fourth-order valence-electron chi connectivity index (χ4n) is 4.03. The second kappa shape index (κ2) is 9.07. The number of hydrogen-bond donors (Lipinski definition) is 3. The van der Waals surface area contributed by atoms with Crippen LogP contribution in [-0.4, -0.2) is 38.1 Å². The van der Waals surface area contributed by atoms with Crippen molar-refractivity contribution in [2.75, 3.05) is 16.4 Å². The molecule has 1 saturated carbocycles. The summed E-state index contributed by atoms with van der Waals surface area (Å²) in [7, 11) is -3.73. The van der Waals surface area contributed by atoms with Crippen LogP contribution in [0.15, 0.2) is 36.4 Å². The van der Waals surface area contributed by atoms with Gasteiger partial charge in [0.15, 0.2) is 9.84 Å². The summed E-state index contributed by atoms with van der Waals surface area (Å²) >= 11 is 5.94. The van der Waals surface area contributed by atoms with E-state index in [1.54, 1.807) is 18.2 Å². The summed E-state index contributed by atoms with van der Waals surface area (Å²) in [5.74, 6) is -2.15. The van der Waals surface area contributed by atoms with Gasteiger partial charge in [-0.25, -0.2) is 12.8 Å². The molecule has 1 fully saturated rings. The molecule has 1 atom stereocenters. The first-order valence-electron chi connectivity index (χ1n) is 10.4. The van der Waals surface area contributed by atoms with Gasteiger partial charge in [0.25, 0.3) is 5.91 Å². The summed E-state index contributed by atoms with van der Waals surface area (Å²) in [5, 5.41) is 8.63. The number of benzene rings is 2. The van der Waals surface area contributed by atoms with Gasteiger partial charge in [0.2, 0.25) is 5.91 Å². The summed E-state index contributed by atoms with van der Waals surface area (Å²) in [4.78, 5) is 25.0. The largest absolute Gasteiger partial charge is 0.371 e. The summed E-state index contributed by atoms with van der Waals surface area (Å²) in [6, 6.07) is 7.53. The number of carbonyl (C=O) groups excluding carboxylic acids is 2. The summed E-state index contributed by atoms with van der Waals surface area (Å²) in [6.07, 6.45) is 4.14. The lowest BCUT2D eigenvalue weighted by atomic mass is 10.1. The molecule has 2 aromatic carbocycles. The van der Waals surface area contributed by atoms with Gasteiger partial charge in [-0.05, 0) is 48.7 Å². The van der Waals surface area contributed by atoms with Gasteiger partial charge in [-0.1, -0.05) is 30.5 Å². The third-order valence-corrected chi connectivity index (χ3v) is 7.63. The molecule has 1 heterocycles. The van der Waals surface area contributed by atoms with E-state index in [4.69, 9.17) is 11.6 Å². The van der Waals surface area contributed by atoms with Crippen molar-refractivity contribution in [3.63, 3.8) is 0 Å². The fourth-order valence-corrected chi connectivity index (χ4v) is 5.93. The number of nitrogens with one attached hydrogen (secondary N) is 3. The summed E-state index contributed by atoms with van der Waals surface area (Å²) in [5.41, 5.74) is 1.64. The van der Waals surface area contributed by atoms with Crippen LogP contribution in [0.5, 0.6) is 0 Å². The molecule has 2 amide bonds. The van der Waals surface area contributed by atoms with E-state index in [1.165, 1.54) is 6.07 Å². The minimum atomic E-state index is -3.73. The normalized spacial score (nSPS) is 18.6. The molecule has 170 valence electrons. The van der Waals surface area contributed by atoms with Crippen LogP contribution in [0.1, 0.15) is 41.6 Å². The zero-order chi connectivity index (χ0) is 22.9. The zero-order valence-corrected chi connectivity index (χ0v) is 18.7. The highest BCUT2D eigenvalue weighted by molar-refractivity contribution is 7.90. The van der Waals surface area contributed by atoms with E-state index in [0.717, 1.165) is 37.8 Å². The van der Waals surface area contributed by atoms with Crippen molar-refractivity contribution in [2.45, 2.75) is 43.5 Å². The lowest BCUT2D eigenvalue weighted by molar-refractivity contribution is -0.116. The molecule has 2 aromatic rings. The Kier molecular flexibility index (Phi) is 6.39. The Hall–Kier alpha value is -2.65. The minimum absolute atomic E-state index is 0.0170. The molecule has 0 bridgehead atoms. The quantitative estimate of drug-likeness (QED) is 0.588. The molecule has 0 saturated heterocycles. The van der Waals surface area contributed by atoms with Crippen molar-refractivity contribution in [2.24, 2.45) is 0 Å². The zero-order valence-electron chi connectivity index (χ0n) is 17.2. The molecule has 2 aliphatic rings. The topological polar surface area (TPSA) is 104 Å². The van der Waals surface area contributed by atoms with Crippen molar-refractivity contribution in [1.82, 2.24) is 5.32 Å². The Bertz CT molecular complexity index is 1170. The second-order valence-corrected chi connectivity index (χ2v) is 10.7. The average Bonchev–Trinajstić information content (AvgIpc) is 3.23. The molecule has 7 nitrogen and oxygen atoms in total. The van der Waals surface area contributed by atoms with Crippen molar-refractivity contribution >= 4 is 44.6 Å². The number of halogens is 2. The fraction of sp³-hybridized carbons (Fsp3) is 0.364. The number of fused-ring (bicyclic) bond motifs is 1. The number of rotatable bonds is 6. The molecule has 4 rings (SSSR count). The second-order valence-electron chi connectivity index (χ2n) is 8.19. The predicted octanol–water partition coefficient (Wildman–Crippen LogP) is 3.50. The molecule has 1 aliphatic carbocycles. The predicted molar refractivity (Wildman–Crippen MR) is 121 cm³/mol. The minimum Gasteiger partial charge on any atom is -0.371 e. The van der Waals surface area contributed by atoms with Crippen LogP contribution in [0.4, 0.5) is 15.8 Å². The van der Waals surface area contributed by atoms with Gasteiger partial charge in [0, 0.05) is 16.6 Å². The number of hydrogen-bond acceptors (Lipinski definition) is 5. The molecule has 0 spiro atoms. The van der Waals surface area contributed by atoms with Crippen molar-refractivity contribution in [3.8, 4) is 0 Å². The first-order chi connectivity index (χ1) is 15.2. The molecule has 0 aromatic heterocycles. The monoisotopic (exact) mass is 479 g/mol. The number of amides is 2. The van der Waals surface area contributed by atoms with Crippen LogP contribution >= 0.6 is 11.6 Å². The highest BCUT2D eigenvalue weighted by Gasteiger charge is 2.31. The van der Waals surface area contributed by atoms with E-state index in [0.29, 0.717) is 16.9 Å². The van der Waals surface area contributed by atoms with Gasteiger partial charge in [-0.2, -0.15) is 0 Å². The highest BCUT2D eigenvalue weighted by atomic mass is 35.5. The maximum Gasteiger partial charge on any atom is 0.251 e. The lowest BCUT2D eigenvalue weighted by Gasteiger charge is -2.27. The molecular formula is C22H23ClFN3O4S. The Balaban J connectivity index is 1.44. The first kappa shape index (κ1) is 22.5. The van der Waals surface area contributed by atoms with Gasteiger partial charge in [0.1, 0.15) is 11.9 Å². The molecule has 0 radical (unpaired) electrons. The summed E-state index contributed by atoms with van der Waals surface area (Å²) < 4.78 is 38.5. The van der Waals surface area contributed by atoms with Gasteiger partial charge in [-0.15, -0.1) is 0 Å². The van der Waals surface area contributed by atoms with Crippen LogP contribution in [0.3, 0.4) is 0 Å². The maximum atomic E-state index is 13.2. The Morgan fingerprint density at radius 1 is 1.12 bits per heavy atom. The number of carbonyl (C=O) groups is 2. The van der Waals surface area contributed by atoms with E-state index in [-0.39, 0.29) is 22.5 Å². The lowest BCUT2D eigenvalue weighted by Crippen LogP contribution is -2.43. The standard InChI is InChI=1S/C22H23ClFN3O4S/c23-17-10-15(24)7-5-14(17)11-32(30,31)12-20-22(29)27-19-9-13(6-8-18(19)26-20)21(28)25-16-3-1-2-4-16/h5-10,16,20,26H,1-4,11-12H2,(H,25,28)(H,27,29)/t20-/m1/s1. The highest BCUT2D eigenvalue weighted by Crippen LogP contribution is 2.29. The van der Waals surface area contributed by atoms with Gasteiger partial charge >= 0.3 is 0 Å². The van der Waals surface area contributed by atoms with E-state index < -0.39 is 39.1 Å². The Labute approximate surface area is 190 Å². The van der Waals surface area contributed by atoms with Gasteiger partial charge in [0.05, 0.1) is 22.9 Å². The van der Waals surface area contributed by atoms with E-state index in [1.807, 2.05) is 0 Å². The third kappa shape index (κ3) is 5.21. The van der Waals surface area contributed by atoms with Crippen molar-refractivity contribution < 1.29 is 22.4 Å². The van der Waals surface area contributed by atoms with Crippen LogP contribution in [0.2, 0.25) is 5.02 Å². The number of anilines is 2. The van der Waals surface area contributed by atoms with E-state index in [9.17, 15) is 22.4 Å².